The minimum atomic E-state index is -0.891. The fraction of sp³-hybridized carbons (Fsp3) is 0.207. The van der Waals surface area contributed by atoms with Gasteiger partial charge in [0.25, 0.3) is 0 Å². The number of halogens is 3. The van der Waals surface area contributed by atoms with E-state index in [4.69, 9.17) is 16.7 Å². The summed E-state index contributed by atoms with van der Waals surface area (Å²) in [6, 6.07) is 25.2. The van der Waals surface area contributed by atoms with Crippen molar-refractivity contribution in [3.05, 3.63) is 106 Å². The highest BCUT2D eigenvalue weighted by atomic mass is 35.5. The van der Waals surface area contributed by atoms with Gasteiger partial charge in [0.05, 0.1) is 0 Å². The second kappa shape index (κ2) is 12.2. The number of carboxylic acid groups (broad SMARTS) is 1. The summed E-state index contributed by atoms with van der Waals surface area (Å²) in [4.78, 5) is 11.0. The minimum Gasteiger partial charge on any atom is -0.481 e. The fourth-order valence-electron chi connectivity index (χ4n) is 4.28. The van der Waals surface area contributed by atoms with Crippen LogP contribution in [0.5, 0.6) is 0 Å². The first-order chi connectivity index (χ1) is 16.4. The molecule has 4 aromatic carbocycles. The zero-order chi connectivity index (χ0) is 24.1. The zero-order valence-electron chi connectivity index (χ0n) is 19.4. The molecule has 0 radical (unpaired) electrons. The van der Waals surface area contributed by atoms with Gasteiger partial charge in [-0.05, 0) is 89.2 Å². The van der Waals surface area contributed by atoms with E-state index in [1.165, 1.54) is 12.1 Å². The molecule has 35 heavy (non-hydrogen) atoms. The number of fused-ring (bicyclic) bond motifs is 1. The van der Waals surface area contributed by atoms with Crippen LogP contribution in [0.2, 0.25) is 5.02 Å². The summed E-state index contributed by atoms with van der Waals surface area (Å²) < 4.78 is 14.5. The molecule has 4 aromatic rings. The number of hydrogen-bond donors (Lipinski definition) is 2. The number of carboxylic acids is 1. The molecule has 0 saturated carbocycles. The Kier molecular flexibility index (Phi) is 9.27. The van der Waals surface area contributed by atoms with Crippen molar-refractivity contribution in [2.45, 2.75) is 32.2 Å². The maximum absolute atomic E-state index is 14.5. The molecular weight excluding hydrogens is 484 g/mol. The molecule has 0 saturated heterocycles. The van der Waals surface area contributed by atoms with Crippen LogP contribution in [0.15, 0.2) is 78.9 Å². The SMILES string of the molecule is CC(NCCc1cc(-c2cc(F)cc(CCC(=O)O)c2)c2ccccc2c1)c1cccc(Cl)c1.Cl. The highest BCUT2D eigenvalue weighted by Crippen LogP contribution is 2.32. The lowest BCUT2D eigenvalue weighted by Gasteiger charge is -2.16. The van der Waals surface area contributed by atoms with E-state index < -0.39 is 5.97 Å². The van der Waals surface area contributed by atoms with Crippen molar-refractivity contribution in [3.8, 4) is 11.1 Å². The molecule has 0 fully saturated rings. The Morgan fingerprint density at radius 2 is 1.74 bits per heavy atom. The smallest absolute Gasteiger partial charge is 0.303 e. The zero-order valence-corrected chi connectivity index (χ0v) is 21.0. The maximum Gasteiger partial charge on any atom is 0.303 e. The Morgan fingerprint density at radius 1 is 0.971 bits per heavy atom. The quantitative estimate of drug-likeness (QED) is 0.242. The Morgan fingerprint density at radius 3 is 2.51 bits per heavy atom. The Hall–Kier alpha value is -2.92. The van der Waals surface area contributed by atoms with Gasteiger partial charge in [-0.3, -0.25) is 4.79 Å². The molecule has 2 N–H and O–H groups in total. The highest BCUT2D eigenvalue weighted by molar-refractivity contribution is 6.30. The average Bonchev–Trinajstić information content (AvgIpc) is 2.82. The van der Waals surface area contributed by atoms with Crippen LogP contribution in [0.25, 0.3) is 21.9 Å². The van der Waals surface area contributed by atoms with Gasteiger partial charge in [-0.25, -0.2) is 4.39 Å². The van der Waals surface area contributed by atoms with Crippen molar-refractivity contribution in [2.75, 3.05) is 6.54 Å². The van der Waals surface area contributed by atoms with E-state index in [9.17, 15) is 9.18 Å². The summed E-state index contributed by atoms with van der Waals surface area (Å²) in [5.41, 5.74) is 4.69. The lowest BCUT2D eigenvalue weighted by Crippen LogP contribution is -2.21. The van der Waals surface area contributed by atoms with Crippen LogP contribution < -0.4 is 5.32 Å². The van der Waals surface area contributed by atoms with Gasteiger partial charge in [0.15, 0.2) is 0 Å². The first-order valence-corrected chi connectivity index (χ1v) is 11.8. The second-order valence-corrected chi connectivity index (χ2v) is 9.02. The molecule has 0 aliphatic rings. The van der Waals surface area contributed by atoms with Gasteiger partial charge in [-0.1, -0.05) is 66.2 Å². The number of hydrogen-bond acceptors (Lipinski definition) is 2. The average molecular weight is 512 g/mol. The van der Waals surface area contributed by atoms with Crippen molar-refractivity contribution in [3.63, 3.8) is 0 Å². The standard InChI is InChI=1S/C29H27ClFNO2.ClH/c1-19(22-6-4-7-25(30)17-22)32-12-11-21-13-23-5-2-3-8-27(23)28(16-21)24-14-20(9-10-29(33)34)15-26(31)18-24;/h2-8,13-19,32H,9-12H2,1H3,(H,33,34);1H. The van der Waals surface area contributed by atoms with Crippen molar-refractivity contribution in [1.82, 2.24) is 5.32 Å². The van der Waals surface area contributed by atoms with Crippen LogP contribution in [0.4, 0.5) is 4.39 Å². The third-order valence-corrected chi connectivity index (χ3v) is 6.27. The number of aliphatic carboxylic acids is 1. The van der Waals surface area contributed by atoms with E-state index in [2.05, 4.69) is 36.5 Å². The third-order valence-electron chi connectivity index (χ3n) is 6.03. The molecule has 6 heteroatoms. The number of rotatable bonds is 9. The molecule has 1 unspecified atom stereocenters. The van der Waals surface area contributed by atoms with E-state index in [0.717, 1.165) is 51.0 Å². The predicted molar refractivity (Wildman–Crippen MR) is 144 cm³/mol. The number of carbonyl (C=O) groups is 1. The van der Waals surface area contributed by atoms with E-state index >= 15 is 0 Å². The van der Waals surface area contributed by atoms with Gasteiger partial charge in [-0.15, -0.1) is 12.4 Å². The molecule has 0 aliphatic heterocycles. The molecule has 0 aliphatic carbocycles. The third kappa shape index (κ3) is 7.04. The van der Waals surface area contributed by atoms with Gasteiger partial charge in [0.1, 0.15) is 5.82 Å². The first-order valence-electron chi connectivity index (χ1n) is 11.4. The summed E-state index contributed by atoms with van der Waals surface area (Å²) in [5.74, 6) is -1.25. The molecular formula is C29H28Cl2FNO2. The highest BCUT2D eigenvalue weighted by Gasteiger charge is 2.11. The fourth-order valence-corrected chi connectivity index (χ4v) is 4.48. The lowest BCUT2D eigenvalue weighted by molar-refractivity contribution is -0.136. The second-order valence-electron chi connectivity index (χ2n) is 8.59. The van der Waals surface area contributed by atoms with E-state index in [-0.39, 0.29) is 30.7 Å². The van der Waals surface area contributed by atoms with E-state index in [0.29, 0.717) is 12.0 Å². The van der Waals surface area contributed by atoms with Crippen molar-refractivity contribution >= 4 is 40.7 Å². The Bertz CT molecular complexity index is 1330. The molecule has 4 rings (SSSR count). The molecule has 0 amide bonds. The van der Waals surface area contributed by atoms with Crippen molar-refractivity contribution in [1.29, 1.82) is 0 Å². The number of nitrogens with one attached hydrogen (secondary N) is 1. The summed E-state index contributed by atoms with van der Waals surface area (Å²) >= 11 is 6.12. The molecule has 182 valence electrons. The lowest BCUT2D eigenvalue weighted by atomic mass is 9.93. The van der Waals surface area contributed by atoms with Crippen LogP contribution in [0, 0.1) is 5.82 Å². The molecule has 0 spiro atoms. The Balaban J connectivity index is 0.00000342. The normalized spacial score (nSPS) is 11.7. The minimum absolute atomic E-state index is 0. The van der Waals surface area contributed by atoms with Crippen molar-refractivity contribution in [2.24, 2.45) is 0 Å². The molecule has 0 heterocycles. The Labute approximate surface area is 216 Å². The maximum atomic E-state index is 14.5. The van der Waals surface area contributed by atoms with Gasteiger partial charge in [-0.2, -0.15) is 0 Å². The number of benzene rings is 4. The molecule has 0 aromatic heterocycles. The van der Waals surface area contributed by atoms with E-state index in [1.807, 2.05) is 42.5 Å². The molecule has 3 nitrogen and oxygen atoms in total. The monoisotopic (exact) mass is 511 g/mol. The first kappa shape index (κ1) is 26.7. The summed E-state index contributed by atoms with van der Waals surface area (Å²) in [5, 5.41) is 15.4. The largest absolute Gasteiger partial charge is 0.481 e. The van der Waals surface area contributed by atoms with Crippen LogP contribution >= 0.6 is 24.0 Å². The molecule has 1 atom stereocenters. The summed E-state index contributed by atoms with van der Waals surface area (Å²) in [6.45, 7) is 2.89. The number of aryl methyl sites for hydroxylation is 1. The van der Waals surface area contributed by atoms with Crippen LogP contribution in [0.1, 0.15) is 36.1 Å². The molecule has 0 bridgehead atoms. The van der Waals surface area contributed by atoms with E-state index in [1.54, 1.807) is 0 Å². The van der Waals surface area contributed by atoms with Gasteiger partial charge in [0.2, 0.25) is 0 Å². The van der Waals surface area contributed by atoms with Crippen LogP contribution in [0.3, 0.4) is 0 Å². The van der Waals surface area contributed by atoms with Gasteiger partial charge in [0, 0.05) is 17.5 Å². The van der Waals surface area contributed by atoms with Crippen LogP contribution in [-0.2, 0) is 17.6 Å². The summed E-state index contributed by atoms with van der Waals surface area (Å²) in [6.07, 6.45) is 1.08. The van der Waals surface area contributed by atoms with Gasteiger partial charge < -0.3 is 10.4 Å². The summed E-state index contributed by atoms with van der Waals surface area (Å²) in [7, 11) is 0. The topological polar surface area (TPSA) is 49.3 Å². The van der Waals surface area contributed by atoms with Gasteiger partial charge >= 0.3 is 5.97 Å². The van der Waals surface area contributed by atoms with Crippen LogP contribution in [-0.4, -0.2) is 17.6 Å². The predicted octanol–water partition coefficient (Wildman–Crippen LogP) is 7.63. The van der Waals surface area contributed by atoms with Crippen molar-refractivity contribution < 1.29 is 14.3 Å².